The second-order valence-electron chi connectivity index (χ2n) is 9.79. The van der Waals surface area contributed by atoms with E-state index in [1.54, 1.807) is 6.92 Å². The van der Waals surface area contributed by atoms with Gasteiger partial charge in [-0.05, 0) is 66.8 Å². The minimum atomic E-state index is -0.402. The number of anilines is 1. The predicted octanol–water partition coefficient (Wildman–Crippen LogP) is 7.59. The van der Waals surface area contributed by atoms with E-state index >= 15 is 0 Å². The van der Waals surface area contributed by atoms with Crippen molar-refractivity contribution < 1.29 is 14.3 Å². The summed E-state index contributed by atoms with van der Waals surface area (Å²) in [6.45, 7) is 11.4. The van der Waals surface area contributed by atoms with Crippen molar-refractivity contribution in [1.82, 2.24) is 14.8 Å². The summed E-state index contributed by atoms with van der Waals surface area (Å²) in [5.74, 6) is 1.09. The van der Waals surface area contributed by atoms with Gasteiger partial charge in [-0.2, -0.15) is 0 Å². The molecule has 3 aromatic rings. The first kappa shape index (κ1) is 30.2. The highest BCUT2D eigenvalue weighted by atomic mass is 35.5. The molecular weight excluding hydrogens is 540 g/mol. The highest BCUT2D eigenvalue weighted by Crippen LogP contribution is 2.32. The molecule has 0 spiro atoms. The molecule has 0 aliphatic rings. The SMILES string of the molecule is CCCC[C@H](C)Cn1c(SCC(=O)Nc2scc(CC(C)C)c2C(=O)OCC)nnc1-c1ccc(Cl)cc1. The average molecular weight is 577 g/mol. The molecule has 0 unspecified atom stereocenters. The van der Waals surface area contributed by atoms with E-state index in [9.17, 15) is 9.59 Å². The van der Waals surface area contributed by atoms with E-state index in [0.29, 0.717) is 32.6 Å². The molecule has 2 heterocycles. The topological polar surface area (TPSA) is 86.1 Å². The van der Waals surface area contributed by atoms with Gasteiger partial charge in [-0.25, -0.2) is 4.79 Å². The predicted molar refractivity (Wildman–Crippen MR) is 157 cm³/mol. The Morgan fingerprint density at radius 3 is 2.55 bits per heavy atom. The van der Waals surface area contributed by atoms with Gasteiger partial charge in [0.15, 0.2) is 11.0 Å². The van der Waals surface area contributed by atoms with Gasteiger partial charge in [-0.3, -0.25) is 4.79 Å². The lowest BCUT2D eigenvalue weighted by atomic mass is 10.0. The Morgan fingerprint density at radius 2 is 1.89 bits per heavy atom. The molecule has 0 bridgehead atoms. The summed E-state index contributed by atoms with van der Waals surface area (Å²) < 4.78 is 7.37. The summed E-state index contributed by atoms with van der Waals surface area (Å²) in [5, 5.41) is 15.6. The highest BCUT2D eigenvalue weighted by Gasteiger charge is 2.23. The molecule has 1 amide bonds. The quantitative estimate of drug-likeness (QED) is 0.157. The van der Waals surface area contributed by atoms with Crippen LogP contribution in [0.2, 0.25) is 5.02 Å². The first-order valence-electron chi connectivity index (χ1n) is 13.1. The fourth-order valence-electron chi connectivity index (χ4n) is 4.12. The standard InChI is InChI=1S/C28H37ClN4O3S2/c1-6-8-9-19(5)15-33-25(20-10-12-22(29)13-11-20)31-32-28(33)38-17-23(34)30-26-24(27(35)36-7-2)21(16-37-26)14-18(3)4/h10-13,16,18-19H,6-9,14-15,17H2,1-5H3,(H,30,34)/t19-/m0/s1. The number of carbonyl (C=O) groups is 2. The highest BCUT2D eigenvalue weighted by molar-refractivity contribution is 7.99. The number of benzene rings is 1. The third-order valence-corrected chi connectivity index (χ3v) is 8.09. The monoisotopic (exact) mass is 576 g/mol. The molecule has 0 saturated carbocycles. The summed E-state index contributed by atoms with van der Waals surface area (Å²) in [5.41, 5.74) is 2.29. The van der Waals surface area contributed by atoms with E-state index in [1.165, 1.54) is 23.1 Å². The smallest absolute Gasteiger partial charge is 0.341 e. The summed E-state index contributed by atoms with van der Waals surface area (Å²) >= 11 is 8.79. The second kappa shape index (κ2) is 14.7. The maximum Gasteiger partial charge on any atom is 0.341 e. The molecular formula is C28H37ClN4O3S2. The number of carbonyl (C=O) groups excluding carboxylic acids is 2. The number of rotatable bonds is 14. The van der Waals surface area contributed by atoms with Crippen molar-refractivity contribution in [3.05, 3.63) is 45.8 Å². The van der Waals surface area contributed by atoms with Crippen LogP contribution in [0.1, 0.15) is 69.8 Å². The van der Waals surface area contributed by atoms with Gasteiger partial charge in [0.05, 0.1) is 17.9 Å². The van der Waals surface area contributed by atoms with Crippen LogP contribution in [0.15, 0.2) is 34.8 Å². The number of thioether (sulfide) groups is 1. The zero-order chi connectivity index (χ0) is 27.7. The van der Waals surface area contributed by atoms with E-state index in [-0.39, 0.29) is 18.3 Å². The van der Waals surface area contributed by atoms with Crippen molar-refractivity contribution in [2.45, 2.75) is 72.0 Å². The van der Waals surface area contributed by atoms with Gasteiger partial charge >= 0.3 is 5.97 Å². The lowest BCUT2D eigenvalue weighted by molar-refractivity contribution is -0.113. The summed E-state index contributed by atoms with van der Waals surface area (Å²) in [6, 6.07) is 7.55. The molecule has 3 rings (SSSR count). The maximum atomic E-state index is 13.0. The van der Waals surface area contributed by atoms with Crippen molar-refractivity contribution in [3.63, 3.8) is 0 Å². The molecule has 7 nitrogen and oxygen atoms in total. The molecule has 1 atom stereocenters. The van der Waals surface area contributed by atoms with Gasteiger partial charge in [0.1, 0.15) is 5.00 Å². The Hall–Kier alpha value is -2.36. The van der Waals surface area contributed by atoms with Gasteiger partial charge in [-0.15, -0.1) is 21.5 Å². The molecule has 206 valence electrons. The summed E-state index contributed by atoms with van der Waals surface area (Å²) in [6.07, 6.45) is 4.15. The Kier molecular flexibility index (Phi) is 11.7. The van der Waals surface area contributed by atoms with Crippen LogP contribution < -0.4 is 5.32 Å². The lowest BCUT2D eigenvalue weighted by Crippen LogP contribution is -2.17. The molecule has 0 saturated heterocycles. The number of hydrogen-bond donors (Lipinski definition) is 1. The van der Waals surface area contributed by atoms with Crippen molar-refractivity contribution in [3.8, 4) is 11.4 Å². The number of nitrogens with one attached hydrogen (secondary N) is 1. The number of esters is 1. The molecule has 0 aliphatic carbocycles. The van der Waals surface area contributed by atoms with Gasteiger partial charge in [0.2, 0.25) is 5.91 Å². The molecule has 1 aromatic carbocycles. The number of ether oxygens (including phenoxy) is 1. The summed E-state index contributed by atoms with van der Waals surface area (Å²) in [4.78, 5) is 25.7. The fraction of sp³-hybridized carbons (Fsp3) is 0.500. The second-order valence-corrected chi connectivity index (χ2v) is 12.1. The average Bonchev–Trinajstić information content (AvgIpc) is 3.45. The molecule has 2 aromatic heterocycles. The number of halogens is 1. The molecule has 38 heavy (non-hydrogen) atoms. The first-order valence-corrected chi connectivity index (χ1v) is 15.4. The van der Waals surface area contributed by atoms with Crippen LogP contribution in [0.3, 0.4) is 0 Å². The largest absolute Gasteiger partial charge is 0.462 e. The minimum Gasteiger partial charge on any atom is -0.462 e. The van der Waals surface area contributed by atoms with Crippen LogP contribution in [0.4, 0.5) is 5.00 Å². The third kappa shape index (κ3) is 8.32. The normalized spacial score (nSPS) is 12.1. The fourth-order valence-corrected chi connectivity index (χ4v) is 5.98. The van der Waals surface area contributed by atoms with Crippen molar-refractivity contribution >= 4 is 51.6 Å². The Morgan fingerprint density at radius 1 is 1.16 bits per heavy atom. The van der Waals surface area contributed by atoms with Gasteiger partial charge in [-0.1, -0.05) is 63.9 Å². The number of thiophene rings is 1. The van der Waals surface area contributed by atoms with Gasteiger partial charge in [0.25, 0.3) is 0 Å². The lowest BCUT2D eigenvalue weighted by Gasteiger charge is -2.16. The molecule has 1 N–H and O–H groups in total. The Bertz CT molecular complexity index is 1210. The summed E-state index contributed by atoms with van der Waals surface area (Å²) in [7, 11) is 0. The first-order chi connectivity index (χ1) is 18.2. The van der Waals surface area contributed by atoms with Gasteiger partial charge < -0.3 is 14.6 Å². The Balaban J connectivity index is 1.77. The number of unbranched alkanes of at least 4 members (excludes halogenated alkanes) is 1. The van der Waals surface area contributed by atoms with Crippen LogP contribution >= 0.6 is 34.7 Å². The molecule has 0 fully saturated rings. The van der Waals surface area contributed by atoms with E-state index in [1.807, 2.05) is 29.6 Å². The van der Waals surface area contributed by atoms with Crippen LogP contribution in [-0.2, 0) is 22.5 Å². The van der Waals surface area contributed by atoms with E-state index in [0.717, 1.165) is 49.2 Å². The number of hydrogen-bond acceptors (Lipinski definition) is 7. The zero-order valence-corrected chi connectivity index (χ0v) is 25.1. The van der Waals surface area contributed by atoms with Crippen LogP contribution in [0.25, 0.3) is 11.4 Å². The van der Waals surface area contributed by atoms with E-state index in [4.69, 9.17) is 16.3 Å². The maximum absolute atomic E-state index is 13.0. The van der Waals surface area contributed by atoms with Crippen LogP contribution in [0, 0.1) is 11.8 Å². The van der Waals surface area contributed by atoms with E-state index in [2.05, 4.69) is 47.8 Å². The van der Waals surface area contributed by atoms with Crippen molar-refractivity contribution in [2.24, 2.45) is 11.8 Å². The number of nitrogens with zero attached hydrogens (tertiary/aromatic N) is 3. The van der Waals surface area contributed by atoms with Crippen LogP contribution in [0.5, 0.6) is 0 Å². The molecule has 0 aliphatic heterocycles. The van der Waals surface area contributed by atoms with Crippen molar-refractivity contribution in [1.29, 1.82) is 0 Å². The molecule has 10 heteroatoms. The minimum absolute atomic E-state index is 0.141. The zero-order valence-electron chi connectivity index (χ0n) is 22.8. The third-order valence-electron chi connectivity index (χ3n) is 5.92. The Labute approximate surface area is 238 Å². The number of amides is 1. The van der Waals surface area contributed by atoms with Gasteiger partial charge in [0, 0.05) is 17.1 Å². The molecule has 0 radical (unpaired) electrons. The number of aromatic nitrogens is 3. The van der Waals surface area contributed by atoms with Crippen molar-refractivity contribution in [2.75, 3.05) is 17.7 Å². The van der Waals surface area contributed by atoms with E-state index < -0.39 is 5.97 Å². The van der Waals surface area contributed by atoms with Crippen LogP contribution in [-0.4, -0.2) is 39.0 Å².